The number of hydrogen-bond donors (Lipinski definition) is 0. The molecule has 1 atom stereocenters. The zero-order valence-electron chi connectivity index (χ0n) is 18.7. The number of allylic oxidation sites excluding steroid dienone is 1. The van der Waals surface area contributed by atoms with E-state index >= 15 is 0 Å². The largest absolute Gasteiger partial charge is 0.490 e. The van der Waals surface area contributed by atoms with Crippen LogP contribution in [-0.4, -0.2) is 29.3 Å². The van der Waals surface area contributed by atoms with Crippen LogP contribution >= 0.6 is 23.4 Å². The summed E-state index contributed by atoms with van der Waals surface area (Å²) in [5.74, 6) is 0.879. The lowest BCUT2D eigenvalue weighted by atomic mass is 9.94. The average molecular weight is 485 g/mol. The van der Waals surface area contributed by atoms with E-state index in [0.29, 0.717) is 47.6 Å². The molecule has 0 radical (unpaired) electrons. The van der Waals surface area contributed by atoms with E-state index in [2.05, 4.69) is 4.99 Å². The van der Waals surface area contributed by atoms with E-state index in [1.807, 2.05) is 72.8 Å². The van der Waals surface area contributed by atoms with E-state index in [-0.39, 0.29) is 12.0 Å². The zero-order valence-corrected chi connectivity index (χ0v) is 20.3. The third kappa shape index (κ3) is 5.04. The second kappa shape index (κ2) is 10.4. The number of carbonyl (C=O) groups excluding carboxylic acids is 1. The Bertz CT molecular complexity index is 1130. The first-order valence-electron chi connectivity index (χ1n) is 10.7. The van der Waals surface area contributed by atoms with E-state index in [9.17, 15) is 4.79 Å². The van der Waals surface area contributed by atoms with Gasteiger partial charge in [-0.3, -0.25) is 0 Å². The molecule has 2 aliphatic rings. The van der Waals surface area contributed by atoms with Gasteiger partial charge in [0.25, 0.3) is 0 Å². The molecule has 0 saturated heterocycles. The smallest absolute Gasteiger partial charge is 0.338 e. The number of fused-ring (bicyclic) bond motifs is 1. The molecule has 0 aromatic heterocycles. The third-order valence-corrected chi connectivity index (χ3v) is 6.23. The molecule has 2 aromatic carbocycles. The quantitative estimate of drug-likeness (QED) is 0.423. The van der Waals surface area contributed by atoms with E-state index in [1.165, 1.54) is 11.8 Å². The second-order valence-corrected chi connectivity index (χ2v) is 8.69. The van der Waals surface area contributed by atoms with Crippen LogP contribution in [-0.2, 0) is 16.1 Å². The van der Waals surface area contributed by atoms with Crippen LogP contribution in [0.4, 0.5) is 0 Å². The highest BCUT2D eigenvalue weighted by molar-refractivity contribution is 8.16. The number of ether oxygens (including phenoxy) is 3. The van der Waals surface area contributed by atoms with Gasteiger partial charge in [-0.15, -0.1) is 0 Å². The average Bonchev–Trinajstić information content (AvgIpc) is 3.26. The number of thioether (sulfide) groups is 1. The first-order chi connectivity index (χ1) is 16.0. The van der Waals surface area contributed by atoms with Crippen LogP contribution in [0.1, 0.15) is 37.9 Å². The SMILES string of the molecule is CCOC(=O)C1=C(C)N=C2SC=CN2[C@H]1c1ccc(OCc2ccc(Cl)cc2)c(OCC)c1. The molecule has 2 aromatic rings. The number of rotatable bonds is 8. The van der Waals surface area contributed by atoms with Gasteiger partial charge in [0, 0.05) is 11.2 Å². The molecule has 6 nitrogen and oxygen atoms in total. The lowest BCUT2D eigenvalue weighted by molar-refractivity contribution is -0.139. The molecular formula is C25H25ClN2O4S. The molecule has 0 bridgehead atoms. The molecule has 0 N–H and O–H groups in total. The standard InChI is InChI=1S/C25H25ClN2O4S/c1-4-30-21-14-18(8-11-20(21)32-15-17-6-9-19(26)10-7-17)23-22(24(29)31-5-2)16(3)27-25-28(23)12-13-33-25/h6-14,23H,4-5,15H2,1-3H3/t23-/m0/s1. The highest BCUT2D eigenvalue weighted by Crippen LogP contribution is 2.43. The minimum Gasteiger partial charge on any atom is -0.490 e. The molecule has 33 heavy (non-hydrogen) atoms. The normalized spacial score (nSPS) is 17.0. The van der Waals surface area contributed by atoms with Crippen molar-refractivity contribution in [1.82, 2.24) is 4.90 Å². The lowest BCUT2D eigenvalue weighted by Gasteiger charge is -2.33. The van der Waals surface area contributed by atoms with Gasteiger partial charge >= 0.3 is 5.97 Å². The molecule has 0 spiro atoms. The fraction of sp³-hybridized carbons (Fsp3) is 0.280. The van der Waals surface area contributed by atoms with Crippen LogP contribution < -0.4 is 9.47 Å². The Balaban J connectivity index is 1.67. The Morgan fingerprint density at radius 1 is 1.09 bits per heavy atom. The van der Waals surface area contributed by atoms with Crippen LogP contribution in [0.3, 0.4) is 0 Å². The third-order valence-electron chi connectivity index (χ3n) is 5.21. The molecular weight excluding hydrogens is 460 g/mol. The fourth-order valence-corrected chi connectivity index (χ4v) is 4.64. The summed E-state index contributed by atoms with van der Waals surface area (Å²) < 4.78 is 17.3. The van der Waals surface area contributed by atoms with Crippen molar-refractivity contribution in [1.29, 1.82) is 0 Å². The van der Waals surface area contributed by atoms with Crippen LogP contribution in [0.15, 0.2) is 70.3 Å². The van der Waals surface area contributed by atoms with Crippen molar-refractivity contribution in [3.63, 3.8) is 0 Å². The first-order valence-corrected chi connectivity index (χ1v) is 12.0. The van der Waals surface area contributed by atoms with Crippen molar-refractivity contribution in [2.45, 2.75) is 33.4 Å². The number of benzene rings is 2. The van der Waals surface area contributed by atoms with Gasteiger partial charge in [-0.2, -0.15) is 0 Å². The van der Waals surface area contributed by atoms with Gasteiger partial charge in [0.05, 0.1) is 30.5 Å². The molecule has 2 aliphatic heterocycles. The van der Waals surface area contributed by atoms with Gasteiger partial charge in [-0.05, 0) is 61.6 Å². The summed E-state index contributed by atoms with van der Waals surface area (Å²) in [4.78, 5) is 19.5. The van der Waals surface area contributed by atoms with Crippen LogP contribution in [0, 0.1) is 0 Å². The Morgan fingerprint density at radius 2 is 1.88 bits per heavy atom. The Kier molecular flexibility index (Phi) is 7.30. The maximum Gasteiger partial charge on any atom is 0.338 e. The number of amidine groups is 1. The molecule has 0 saturated carbocycles. The molecule has 0 amide bonds. The van der Waals surface area contributed by atoms with Crippen molar-refractivity contribution in [3.05, 3.63) is 81.5 Å². The number of esters is 1. The Hall–Kier alpha value is -2.90. The Morgan fingerprint density at radius 3 is 2.61 bits per heavy atom. The maximum absolute atomic E-state index is 12.9. The molecule has 0 fully saturated rings. The molecule has 2 heterocycles. The molecule has 0 aliphatic carbocycles. The Labute approximate surface area is 202 Å². The summed E-state index contributed by atoms with van der Waals surface area (Å²) in [6.45, 7) is 6.73. The number of halogens is 1. The van der Waals surface area contributed by atoms with Gasteiger partial charge in [0.1, 0.15) is 6.61 Å². The monoisotopic (exact) mass is 484 g/mol. The highest BCUT2D eigenvalue weighted by Gasteiger charge is 2.37. The van der Waals surface area contributed by atoms with Crippen molar-refractivity contribution in [2.75, 3.05) is 13.2 Å². The van der Waals surface area contributed by atoms with Crippen molar-refractivity contribution in [3.8, 4) is 11.5 Å². The van der Waals surface area contributed by atoms with E-state index in [1.54, 1.807) is 6.92 Å². The summed E-state index contributed by atoms with van der Waals surface area (Å²) in [5, 5.41) is 3.47. The summed E-state index contributed by atoms with van der Waals surface area (Å²) >= 11 is 7.50. The molecule has 0 unspecified atom stereocenters. The van der Waals surface area contributed by atoms with Gasteiger partial charge in [0.15, 0.2) is 16.7 Å². The second-order valence-electron chi connectivity index (χ2n) is 7.38. The van der Waals surface area contributed by atoms with Crippen LogP contribution in [0.2, 0.25) is 5.02 Å². The molecule has 172 valence electrons. The summed E-state index contributed by atoms with van der Waals surface area (Å²) in [7, 11) is 0. The van der Waals surface area contributed by atoms with Gasteiger partial charge < -0.3 is 19.1 Å². The predicted molar refractivity (Wildman–Crippen MR) is 131 cm³/mol. The number of aliphatic imine (C=N–C) groups is 1. The topological polar surface area (TPSA) is 60.4 Å². The van der Waals surface area contributed by atoms with E-state index in [0.717, 1.165) is 16.3 Å². The zero-order chi connectivity index (χ0) is 23.4. The van der Waals surface area contributed by atoms with Crippen molar-refractivity contribution >= 4 is 34.5 Å². The van der Waals surface area contributed by atoms with Crippen molar-refractivity contribution < 1.29 is 19.0 Å². The highest BCUT2D eigenvalue weighted by atomic mass is 35.5. The minimum atomic E-state index is -0.368. The van der Waals surface area contributed by atoms with Crippen molar-refractivity contribution in [2.24, 2.45) is 4.99 Å². The maximum atomic E-state index is 12.9. The van der Waals surface area contributed by atoms with Gasteiger partial charge in [-0.25, -0.2) is 9.79 Å². The van der Waals surface area contributed by atoms with E-state index in [4.69, 9.17) is 25.8 Å². The molecule has 4 rings (SSSR count). The van der Waals surface area contributed by atoms with Gasteiger partial charge in [0.2, 0.25) is 0 Å². The summed E-state index contributed by atoms with van der Waals surface area (Å²) in [6, 6.07) is 12.9. The fourth-order valence-electron chi connectivity index (χ4n) is 3.72. The predicted octanol–water partition coefficient (Wildman–Crippen LogP) is 6.09. The number of nitrogens with zero attached hydrogens (tertiary/aromatic N) is 2. The number of carbonyl (C=O) groups is 1. The van der Waals surface area contributed by atoms with E-state index < -0.39 is 0 Å². The lowest BCUT2D eigenvalue weighted by Crippen LogP contribution is -2.34. The van der Waals surface area contributed by atoms with Crippen LogP contribution in [0.5, 0.6) is 11.5 Å². The first kappa shape index (κ1) is 23.3. The molecule has 8 heteroatoms. The minimum absolute atomic E-state index is 0.297. The van der Waals surface area contributed by atoms with Gasteiger partial charge in [-0.1, -0.05) is 41.6 Å². The van der Waals surface area contributed by atoms with Crippen LogP contribution in [0.25, 0.3) is 0 Å². The summed E-state index contributed by atoms with van der Waals surface area (Å²) in [5.41, 5.74) is 3.06. The number of hydrogen-bond acceptors (Lipinski definition) is 7. The summed E-state index contributed by atoms with van der Waals surface area (Å²) in [6.07, 6.45) is 1.94.